The quantitative estimate of drug-likeness (QED) is 0.156. The van der Waals surface area contributed by atoms with Gasteiger partial charge < -0.3 is 14.5 Å². The van der Waals surface area contributed by atoms with E-state index in [2.05, 4.69) is 139 Å². The molecule has 0 bridgehead atoms. The molecular formula is C42H41N5O. The smallest absolute Gasteiger partial charge is 0.158 e. The third-order valence-electron chi connectivity index (χ3n) is 9.33. The molecule has 1 aliphatic rings. The number of ether oxygens (including phenoxy) is 1. The molecule has 8 rings (SSSR count). The fraction of sp³-hybridized carbons (Fsp3) is 0.238. The topological polar surface area (TPSA) is 45.9 Å². The van der Waals surface area contributed by atoms with Gasteiger partial charge in [0.25, 0.3) is 0 Å². The Morgan fingerprint density at radius 2 is 1.46 bits per heavy atom. The molecule has 0 radical (unpaired) electrons. The van der Waals surface area contributed by atoms with Crippen LogP contribution in [0, 0.1) is 11.8 Å². The number of benzene rings is 4. The molecule has 0 unspecified atom stereocenters. The normalized spacial score (nSPS) is 13.1. The predicted molar refractivity (Wildman–Crippen MR) is 199 cm³/mol. The number of hydrogen-bond donors (Lipinski definition) is 0. The minimum atomic E-state index is 0.547. The molecule has 4 aromatic carbocycles. The number of imidazole rings is 1. The number of pyridine rings is 2. The van der Waals surface area contributed by atoms with Crippen molar-refractivity contribution in [1.82, 2.24) is 14.4 Å². The van der Waals surface area contributed by atoms with Crippen LogP contribution in [0.15, 0.2) is 109 Å². The molecule has 0 spiro atoms. The van der Waals surface area contributed by atoms with Crippen LogP contribution >= 0.6 is 0 Å². The van der Waals surface area contributed by atoms with Crippen LogP contribution in [0.2, 0.25) is 0 Å². The van der Waals surface area contributed by atoms with Gasteiger partial charge in [0.2, 0.25) is 0 Å². The SMILES string of the molecule is CC(C)Cc1cccc(CC(C)C)c1-c1cnc2c3cc(Oc4cccc(N5CN(C)c6cccnc65)c4)ccc3c3ccccc3n12. The summed E-state index contributed by atoms with van der Waals surface area (Å²) in [6.45, 7) is 9.93. The zero-order valence-corrected chi connectivity index (χ0v) is 28.3. The lowest BCUT2D eigenvalue weighted by Crippen LogP contribution is -2.24. The Hall–Kier alpha value is -5.36. The lowest BCUT2D eigenvalue weighted by atomic mass is 9.89. The molecule has 0 saturated heterocycles. The number of aromatic nitrogens is 3. The summed E-state index contributed by atoms with van der Waals surface area (Å²) < 4.78 is 8.96. The van der Waals surface area contributed by atoms with Gasteiger partial charge in [0.05, 0.1) is 29.8 Å². The van der Waals surface area contributed by atoms with E-state index in [-0.39, 0.29) is 0 Å². The summed E-state index contributed by atoms with van der Waals surface area (Å²) in [6, 6.07) is 34.3. The lowest BCUT2D eigenvalue weighted by molar-refractivity contribution is 0.483. The molecule has 1 aliphatic heterocycles. The third kappa shape index (κ3) is 5.22. The van der Waals surface area contributed by atoms with Crippen LogP contribution in [0.1, 0.15) is 38.8 Å². The summed E-state index contributed by atoms with van der Waals surface area (Å²) in [5.41, 5.74) is 9.51. The maximum atomic E-state index is 6.58. The van der Waals surface area contributed by atoms with Crippen LogP contribution in [0.5, 0.6) is 11.5 Å². The van der Waals surface area contributed by atoms with Crippen molar-refractivity contribution < 1.29 is 4.74 Å². The zero-order valence-electron chi connectivity index (χ0n) is 28.3. The van der Waals surface area contributed by atoms with Crippen molar-refractivity contribution >= 4 is 44.5 Å². The minimum Gasteiger partial charge on any atom is -0.457 e. The Morgan fingerprint density at radius 1 is 0.708 bits per heavy atom. The van der Waals surface area contributed by atoms with Crippen LogP contribution in [0.25, 0.3) is 38.6 Å². The second kappa shape index (κ2) is 12.0. The monoisotopic (exact) mass is 631 g/mol. The highest BCUT2D eigenvalue weighted by Gasteiger charge is 2.26. The molecule has 0 N–H and O–H groups in total. The summed E-state index contributed by atoms with van der Waals surface area (Å²) in [5, 5.41) is 3.43. The maximum absolute atomic E-state index is 6.58. The molecule has 240 valence electrons. The van der Waals surface area contributed by atoms with E-state index < -0.39 is 0 Å². The summed E-state index contributed by atoms with van der Waals surface area (Å²) in [4.78, 5) is 14.2. The highest BCUT2D eigenvalue weighted by Crippen LogP contribution is 2.41. The minimum absolute atomic E-state index is 0.547. The van der Waals surface area contributed by atoms with Crippen LogP contribution in [0.3, 0.4) is 0 Å². The van der Waals surface area contributed by atoms with Gasteiger partial charge in [-0.1, -0.05) is 70.2 Å². The average molecular weight is 632 g/mol. The van der Waals surface area contributed by atoms with Crippen molar-refractivity contribution in [1.29, 1.82) is 0 Å². The van der Waals surface area contributed by atoms with E-state index >= 15 is 0 Å². The van der Waals surface area contributed by atoms with Crippen molar-refractivity contribution in [2.75, 3.05) is 23.5 Å². The van der Waals surface area contributed by atoms with Crippen LogP contribution < -0.4 is 14.5 Å². The predicted octanol–water partition coefficient (Wildman–Crippen LogP) is 10.4. The van der Waals surface area contributed by atoms with Gasteiger partial charge in [-0.05, 0) is 89.7 Å². The van der Waals surface area contributed by atoms with Gasteiger partial charge >= 0.3 is 0 Å². The Morgan fingerprint density at radius 3 is 2.25 bits per heavy atom. The molecule has 3 aromatic heterocycles. The molecule has 6 heteroatoms. The first-order valence-corrected chi connectivity index (χ1v) is 17.0. The van der Waals surface area contributed by atoms with Crippen molar-refractivity contribution in [2.24, 2.45) is 11.8 Å². The number of anilines is 3. The lowest BCUT2D eigenvalue weighted by Gasteiger charge is -2.19. The van der Waals surface area contributed by atoms with E-state index in [0.29, 0.717) is 11.8 Å². The van der Waals surface area contributed by atoms with Crippen LogP contribution in [-0.4, -0.2) is 28.1 Å². The maximum Gasteiger partial charge on any atom is 0.158 e. The van der Waals surface area contributed by atoms with Gasteiger partial charge in [-0.3, -0.25) is 4.40 Å². The first kappa shape index (κ1) is 30.0. The van der Waals surface area contributed by atoms with Crippen molar-refractivity contribution in [3.8, 4) is 22.8 Å². The number of hydrogen-bond acceptors (Lipinski definition) is 5. The second-order valence-electron chi connectivity index (χ2n) is 13.9. The number of nitrogens with zero attached hydrogens (tertiary/aromatic N) is 5. The first-order valence-electron chi connectivity index (χ1n) is 17.0. The molecule has 0 amide bonds. The zero-order chi connectivity index (χ0) is 32.9. The Balaban J connectivity index is 1.25. The molecule has 0 fully saturated rings. The van der Waals surface area contributed by atoms with Gasteiger partial charge in [-0.25, -0.2) is 9.97 Å². The molecule has 0 atom stereocenters. The second-order valence-corrected chi connectivity index (χ2v) is 13.9. The molecule has 0 aliphatic carbocycles. The van der Waals surface area contributed by atoms with Crippen molar-refractivity contribution in [3.63, 3.8) is 0 Å². The largest absolute Gasteiger partial charge is 0.457 e. The van der Waals surface area contributed by atoms with E-state index in [4.69, 9.17) is 9.72 Å². The van der Waals surface area contributed by atoms with Gasteiger partial charge in [-0.15, -0.1) is 0 Å². The van der Waals surface area contributed by atoms with E-state index in [1.807, 2.05) is 24.4 Å². The standard InChI is InChI=1S/C42H41N5O/c1-27(2)21-29-11-8-12-30(22-28(3)4)40(29)39-25-44-41-36-24-33(18-19-34(36)35-15-6-7-16-37(35)47(39)41)48-32-14-9-13-31(23-32)46-26-45(5)38-17-10-20-43-42(38)46/h6-20,23-25,27-28H,21-22,26H2,1-5H3. The first-order chi connectivity index (χ1) is 23.4. The molecule has 48 heavy (non-hydrogen) atoms. The fourth-order valence-corrected chi connectivity index (χ4v) is 7.37. The number of para-hydroxylation sites is 1. The third-order valence-corrected chi connectivity index (χ3v) is 9.33. The highest BCUT2D eigenvalue weighted by atomic mass is 16.5. The van der Waals surface area contributed by atoms with Crippen LogP contribution in [0.4, 0.5) is 17.2 Å². The van der Waals surface area contributed by atoms with Gasteiger partial charge in [-0.2, -0.15) is 0 Å². The van der Waals surface area contributed by atoms with Gasteiger partial charge in [0.1, 0.15) is 17.1 Å². The fourth-order valence-electron chi connectivity index (χ4n) is 7.37. The van der Waals surface area contributed by atoms with E-state index in [9.17, 15) is 0 Å². The average Bonchev–Trinajstić information content (AvgIpc) is 3.67. The van der Waals surface area contributed by atoms with Gasteiger partial charge in [0.15, 0.2) is 5.82 Å². The van der Waals surface area contributed by atoms with Crippen molar-refractivity contribution in [2.45, 2.75) is 40.5 Å². The summed E-state index contributed by atoms with van der Waals surface area (Å²) in [6.07, 6.45) is 5.97. The van der Waals surface area contributed by atoms with Crippen LogP contribution in [-0.2, 0) is 12.8 Å². The molecule has 0 saturated carbocycles. The molecule has 4 heterocycles. The van der Waals surface area contributed by atoms with E-state index in [1.165, 1.54) is 22.1 Å². The number of rotatable bonds is 8. The number of fused-ring (bicyclic) bond motifs is 7. The van der Waals surface area contributed by atoms with Gasteiger partial charge in [0, 0.05) is 41.3 Å². The Kier molecular flexibility index (Phi) is 7.51. The van der Waals surface area contributed by atoms with E-state index in [0.717, 1.165) is 75.8 Å². The molecule has 7 aromatic rings. The van der Waals surface area contributed by atoms with E-state index in [1.54, 1.807) is 0 Å². The molecule has 6 nitrogen and oxygen atoms in total. The highest BCUT2D eigenvalue weighted by molar-refractivity contribution is 6.12. The Labute approximate surface area is 282 Å². The summed E-state index contributed by atoms with van der Waals surface area (Å²) >= 11 is 0. The van der Waals surface area contributed by atoms with Crippen molar-refractivity contribution in [3.05, 3.63) is 121 Å². The Bertz CT molecular complexity index is 2270. The summed E-state index contributed by atoms with van der Waals surface area (Å²) in [7, 11) is 2.09. The summed E-state index contributed by atoms with van der Waals surface area (Å²) in [5.74, 6) is 3.61. The molecular weight excluding hydrogens is 590 g/mol.